The van der Waals surface area contributed by atoms with Crippen molar-refractivity contribution in [3.05, 3.63) is 94.7 Å². The van der Waals surface area contributed by atoms with E-state index in [1.165, 1.54) is 27.2 Å². The molecule has 0 bridgehead atoms. The van der Waals surface area contributed by atoms with Crippen LogP contribution < -0.4 is 11.1 Å². The second-order valence-corrected chi connectivity index (χ2v) is 12.7. The van der Waals surface area contributed by atoms with Crippen LogP contribution in [0.3, 0.4) is 0 Å². The third-order valence-electron chi connectivity index (χ3n) is 7.16. The van der Waals surface area contributed by atoms with Crippen molar-refractivity contribution in [1.82, 2.24) is 15.1 Å². The number of thiophene rings is 1. The number of benzene rings is 2. The Morgan fingerprint density at radius 3 is 2.16 bits per heavy atom. The van der Waals surface area contributed by atoms with Gasteiger partial charge in [-0.05, 0) is 61.4 Å². The summed E-state index contributed by atoms with van der Waals surface area (Å²) in [7, 11) is 3.20. The monoisotopic (exact) mass is 604 g/mol. The van der Waals surface area contributed by atoms with Crippen LogP contribution >= 0.6 is 11.3 Å². The maximum Gasteiger partial charge on any atom is 0.246 e. The summed E-state index contributed by atoms with van der Waals surface area (Å²) in [5.74, 6) is -1.05. The Kier molecular flexibility index (Phi) is 12.2. The highest BCUT2D eigenvalue weighted by molar-refractivity contribution is 7.09. The molecule has 3 rings (SSSR count). The van der Waals surface area contributed by atoms with Crippen LogP contribution in [0.5, 0.6) is 0 Å². The molecule has 0 aliphatic heterocycles. The fraction of sp³-hybridized carbons (Fsp3) is 0.382. The lowest BCUT2D eigenvalue weighted by atomic mass is 9.98. The molecular formula is C34H44N4O4S. The van der Waals surface area contributed by atoms with E-state index < -0.39 is 23.7 Å². The van der Waals surface area contributed by atoms with E-state index in [-0.39, 0.29) is 30.7 Å². The summed E-state index contributed by atoms with van der Waals surface area (Å²) in [5, 5.41) is 14.4. The molecule has 230 valence electrons. The van der Waals surface area contributed by atoms with Gasteiger partial charge in [-0.3, -0.25) is 14.4 Å². The van der Waals surface area contributed by atoms with E-state index in [0.29, 0.717) is 12.8 Å². The Balaban J connectivity index is 1.90. The first kappa shape index (κ1) is 33.7. The smallest absolute Gasteiger partial charge is 0.246 e. The zero-order valence-corrected chi connectivity index (χ0v) is 26.5. The number of aliphatic hydroxyl groups excluding tert-OH is 1. The van der Waals surface area contributed by atoms with Gasteiger partial charge in [0, 0.05) is 43.9 Å². The van der Waals surface area contributed by atoms with Gasteiger partial charge in [0.15, 0.2) is 0 Å². The van der Waals surface area contributed by atoms with Crippen LogP contribution in [-0.4, -0.2) is 77.0 Å². The molecule has 1 aromatic heterocycles. The summed E-state index contributed by atoms with van der Waals surface area (Å²) in [4.78, 5) is 44.6. The van der Waals surface area contributed by atoms with Crippen molar-refractivity contribution >= 4 is 29.1 Å². The number of aliphatic hydroxyl groups is 1. The first-order chi connectivity index (χ1) is 20.4. The second-order valence-electron chi connectivity index (χ2n) is 11.7. The van der Waals surface area contributed by atoms with Crippen LogP contribution in [0.4, 0.5) is 0 Å². The molecule has 3 aromatic rings. The summed E-state index contributed by atoms with van der Waals surface area (Å²) in [6.07, 6.45) is 3.52. The van der Waals surface area contributed by atoms with Gasteiger partial charge in [0.05, 0.1) is 6.10 Å². The molecule has 0 aliphatic carbocycles. The van der Waals surface area contributed by atoms with E-state index in [0.717, 1.165) is 21.6 Å². The van der Waals surface area contributed by atoms with Crippen LogP contribution in [0.15, 0.2) is 84.3 Å². The first-order valence-electron chi connectivity index (χ1n) is 14.5. The number of amides is 3. The topological polar surface area (TPSA) is 116 Å². The number of rotatable bonds is 14. The normalized spacial score (nSPS) is 13.7. The number of carbonyl (C=O) groups is 3. The minimum absolute atomic E-state index is 0.0691. The van der Waals surface area contributed by atoms with Gasteiger partial charge in [-0.1, -0.05) is 66.7 Å². The molecule has 0 aliphatic rings. The van der Waals surface area contributed by atoms with Gasteiger partial charge < -0.3 is 26.0 Å². The largest absolute Gasteiger partial charge is 0.392 e. The Hall–Kier alpha value is -3.79. The van der Waals surface area contributed by atoms with Crippen LogP contribution in [0.1, 0.15) is 37.6 Å². The molecule has 3 amide bonds. The van der Waals surface area contributed by atoms with E-state index in [4.69, 9.17) is 5.73 Å². The number of likely N-dealkylation sites (N-methyl/N-ethyl adjacent to an activating group) is 2. The molecule has 0 saturated carbocycles. The van der Waals surface area contributed by atoms with Crippen molar-refractivity contribution in [2.24, 2.45) is 5.73 Å². The van der Waals surface area contributed by atoms with Gasteiger partial charge in [0.2, 0.25) is 17.7 Å². The average Bonchev–Trinajstić information content (AvgIpc) is 3.50. The van der Waals surface area contributed by atoms with Crippen molar-refractivity contribution < 1.29 is 19.5 Å². The molecule has 8 nitrogen and oxygen atoms in total. The van der Waals surface area contributed by atoms with Crippen molar-refractivity contribution in [1.29, 1.82) is 0 Å². The van der Waals surface area contributed by atoms with Crippen molar-refractivity contribution in [2.75, 3.05) is 20.6 Å². The highest BCUT2D eigenvalue weighted by Gasteiger charge is 2.35. The standard InChI is InChI=1S/C34H44N4O4S/c1-24(39)23-36-32(41)29(22-28-13-10-20-43-28)38(5)33(42)30(37(4)31(40)14-9-19-34(2,3)35)21-25-15-17-27(18-16-25)26-11-7-6-8-12-26/h6-18,20,24,29-30,39H,19,21-23,35H2,1-5H3,(H,36,41)/b14-9+/t24-,29-,30-/m1/s1. The van der Waals surface area contributed by atoms with E-state index >= 15 is 0 Å². The minimum Gasteiger partial charge on any atom is -0.392 e. The fourth-order valence-corrected chi connectivity index (χ4v) is 5.33. The van der Waals surface area contributed by atoms with Crippen LogP contribution in [0.2, 0.25) is 0 Å². The van der Waals surface area contributed by atoms with E-state index in [9.17, 15) is 19.5 Å². The maximum absolute atomic E-state index is 14.2. The Morgan fingerprint density at radius 2 is 1.58 bits per heavy atom. The molecule has 1 heterocycles. The van der Waals surface area contributed by atoms with Crippen LogP contribution in [0.25, 0.3) is 11.1 Å². The molecule has 43 heavy (non-hydrogen) atoms. The van der Waals surface area contributed by atoms with Gasteiger partial charge >= 0.3 is 0 Å². The summed E-state index contributed by atoms with van der Waals surface area (Å²) >= 11 is 1.50. The lowest BCUT2D eigenvalue weighted by molar-refractivity contribution is -0.146. The van der Waals surface area contributed by atoms with Crippen molar-refractivity contribution in [3.63, 3.8) is 0 Å². The van der Waals surface area contributed by atoms with E-state index in [2.05, 4.69) is 5.32 Å². The number of nitrogens with zero attached hydrogens (tertiary/aromatic N) is 2. The summed E-state index contributed by atoms with van der Waals surface area (Å²) in [6, 6.07) is 20.1. The molecule has 0 spiro atoms. The second kappa shape index (κ2) is 15.6. The summed E-state index contributed by atoms with van der Waals surface area (Å²) in [6.45, 7) is 5.41. The SMILES string of the molecule is C[C@@H](O)CNC(=O)[C@@H](Cc1cccs1)N(C)C(=O)[C@@H](Cc1ccc(-c2ccccc2)cc1)N(C)C(=O)/C=C/CC(C)(C)N. The zero-order valence-electron chi connectivity index (χ0n) is 25.7. The van der Waals surface area contributed by atoms with Crippen molar-refractivity contribution in [3.8, 4) is 11.1 Å². The molecule has 9 heteroatoms. The number of carbonyl (C=O) groups excluding carboxylic acids is 3. The quantitative estimate of drug-likeness (QED) is 0.240. The predicted octanol–water partition coefficient (Wildman–Crippen LogP) is 4.03. The Labute approximate surface area is 259 Å². The maximum atomic E-state index is 14.2. The third kappa shape index (κ3) is 10.5. The lowest BCUT2D eigenvalue weighted by Crippen LogP contribution is -2.56. The van der Waals surface area contributed by atoms with Gasteiger partial charge in [-0.15, -0.1) is 11.3 Å². The zero-order chi connectivity index (χ0) is 31.6. The van der Waals surface area contributed by atoms with Gasteiger partial charge in [-0.2, -0.15) is 0 Å². The fourth-order valence-electron chi connectivity index (χ4n) is 4.59. The molecule has 3 atom stereocenters. The molecule has 0 unspecified atom stereocenters. The van der Waals surface area contributed by atoms with E-state index in [1.54, 1.807) is 27.1 Å². The predicted molar refractivity (Wildman–Crippen MR) is 173 cm³/mol. The van der Waals surface area contributed by atoms with Gasteiger partial charge in [0.1, 0.15) is 12.1 Å². The minimum atomic E-state index is -0.869. The van der Waals surface area contributed by atoms with Gasteiger partial charge in [-0.25, -0.2) is 0 Å². The number of hydrogen-bond donors (Lipinski definition) is 3. The molecule has 4 N–H and O–H groups in total. The Morgan fingerprint density at radius 1 is 0.930 bits per heavy atom. The van der Waals surface area contributed by atoms with E-state index in [1.807, 2.05) is 86.0 Å². The number of nitrogens with two attached hydrogens (primary N) is 1. The first-order valence-corrected chi connectivity index (χ1v) is 15.3. The van der Waals surface area contributed by atoms with Crippen molar-refractivity contribution in [2.45, 2.75) is 63.8 Å². The summed E-state index contributed by atoms with van der Waals surface area (Å²) < 4.78 is 0. The van der Waals surface area contributed by atoms with Crippen LogP contribution in [-0.2, 0) is 27.2 Å². The number of hydrogen-bond acceptors (Lipinski definition) is 6. The van der Waals surface area contributed by atoms with Gasteiger partial charge in [0.25, 0.3) is 0 Å². The van der Waals surface area contributed by atoms with Crippen LogP contribution in [0, 0.1) is 0 Å². The highest BCUT2D eigenvalue weighted by atomic mass is 32.1. The number of nitrogens with one attached hydrogen (secondary N) is 1. The third-order valence-corrected chi connectivity index (χ3v) is 8.06. The highest BCUT2D eigenvalue weighted by Crippen LogP contribution is 2.22. The average molecular weight is 605 g/mol. The molecule has 0 radical (unpaired) electrons. The molecule has 2 aromatic carbocycles. The molecular weight excluding hydrogens is 560 g/mol. The molecule has 0 fully saturated rings. The summed E-state index contributed by atoms with van der Waals surface area (Å²) in [5.41, 5.74) is 8.61. The molecule has 0 saturated heterocycles. The Bertz CT molecular complexity index is 1350. The lowest BCUT2D eigenvalue weighted by Gasteiger charge is -2.34.